The van der Waals surface area contributed by atoms with Crippen LogP contribution in [0.4, 0.5) is 0 Å². The van der Waals surface area contributed by atoms with Crippen LogP contribution >= 0.6 is 11.6 Å². The summed E-state index contributed by atoms with van der Waals surface area (Å²) in [6, 6.07) is 12.0. The lowest BCUT2D eigenvalue weighted by atomic mass is 10.2. The van der Waals surface area contributed by atoms with E-state index >= 15 is 0 Å². The molecule has 0 heterocycles. The van der Waals surface area contributed by atoms with Crippen molar-refractivity contribution in [3.63, 3.8) is 0 Å². The second-order valence-corrected chi connectivity index (χ2v) is 6.51. The molecule has 0 aliphatic rings. The van der Waals surface area contributed by atoms with Crippen LogP contribution in [0.3, 0.4) is 0 Å². The normalized spacial score (nSPS) is 11.0. The average Bonchev–Trinajstić information content (AvgIpc) is 2.51. The molecule has 0 radical (unpaired) electrons. The highest BCUT2D eigenvalue weighted by Gasteiger charge is 2.08. The summed E-state index contributed by atoms with van der Waals surface area (Å²) in [6.45, 7) is 0.170. The second kappa shape index (κ2) is 7.45. The quantitative estimate of drug-likeness (QED) is 0.633. The van der Waals surface area contributed by atoms with Crippen LogP contribution in [0.15, 0.2) is 53.4 Å². The minimum atomic E-state index is -3.73. The summed E-state index contributed by atoms with van der Waals surface area (Å²) in [7, 11) is -3.73. The fraction of sp³-hybridized carbons (Fsp3) is 0.133. The number of carbonyl (C=O) groups is 1. The van der Waals surface area contributed by atoms with Crippen molar-refractivity contribution in [1.29, 1.82) is 0 Å². The Morgan fingerprint density at radius 1 is 1.09 bits per heavy atom. The molecule has 0 fully saturated rings. The first-order valence-electron chi connectivity index (χ1n) is 6.54. The fourth-order valence-corrected chi connectivity index (χ4v) is 2.42. The first-order chi connectivity index (χ1) is 10.9. The maximum absolute atomic E-state index is 11.7. The lowest BCUT2D eigenvalue weighted by molar-refractivity contribution is 0.0450. The predicted octanol–water partition coefficient (Wildman–Crippen LogP) is 2.22. The van der Waals surface area contributed by atoms with Gasteiger partial charge in [-0.2, -0.15) is 0 Å². The third kappa shape index (κ3) is 5.24. The molecule has 122 valence electrons. The number of halogens is 1. The van der Waals surface area contributed by atoms with Crippen LogP contribution in [-0.4, -0.2) is 27.6 Å². The molecule has 0 spiro atoms. The Morgan fingerprint density at radius 3 is 2.39 bits per heavy atom. The van der Waals surface area contributed by atoms with E-state index in [2.05, 4.69) is 0 Å². The molecule has 0 unspecified atom stereocenters. The smallest absolute Gasteiger partial charge is 0.338 e. The predicted molar refractivity (Wildman–Crippen MR) is 85.0 cm³/mol. The van der Waals surface area contributed by atoms with Gasteiger partial charge < -0.3 is 9.47 Å². The monoisotopic (exact) mass is 355 g/mol. The Balaban J connectivity index is 1.80. The molecule has 6 nitrogen and oxygen atoms in total. The molecule has 0 bridgehead atoms. The van der Waals surface area contributed by atoms with Gasteiger partial charge in [-0.25, -0.2) is 18.4 Å². The van der Waals surface area contributed by atoms with Gasteiger partial charge in [-0.05, 0) is 42.5 Å². The van der Waals surface area contributed by atoms with Gasteiger partial charge in [0.15, 0.2) is 0 Å². The molecule has 2 N–H and O–H groups in total. The number of hydrogen-bond acceptors (Lipinski definition) is 5. The van der Waals surface area contributed by atoms with Crippen molar-refractivity contribution in [2.75, 3.05) is 13.2 Å². The first kappa shape index (κ1) is 17.3. The van der Waals surface area contributed by atoms with Crippen molar-refractivity contribution in [3.8, 4) is 5.75 Å². The summed E-state index contributed by atoms with van der Waals surface area (Å²) >= 11 is 5.79. The number of hydrogen-bond donors (Lipinski definition) is 1. The van der Waals surface area contributed by atoms with Gasteiger partial charge in [0.25, 0.3) is 0 Å². The maximum atomic E-state index is 11.7. The van der Waals surface area contributed by atoms with Gasteiger partial charge in [0, 0.05) is 5.02 Å². The van der Waals surface area contributed by atoms with Gasteiger partial charge in [0.05, 0.1) is 10.5 Å². The molecule has 0 saturated carbocycles. The molecule has 0 aliphatic heterocycles. The van der Waals surface area contributed by atoms with Crippen LogP contribution in [0.5, 0.6) is 5.75 Å². The number of rotatable bonds is 6. The number of primary sulfonamides is 1. The van der Waals surface area contributed by atoms with Gasteiger partial charge in [0.2, 0.25) is 10.0 Å². The van der Waals surface area contributed by atoms with Gasteiger partial charge in [0.1, 0.15) is 19.0 Å². The summed E-state index contributed by atoms with van der Waals surface area (Å²) in [4.78, 5) is 11.7. The van der Waals surface area contributed by atoms with Gasteiger partial charge in [-0.15, -0.1) is 0 Å². The topological polar surface area (TPSA) is 95.7 Å². The number of benzene rings is 2. The van der Waals surface area contributed by atoms with Crippen LogP contribution in [0.25, 0.3) is 0 Å². The van der Waals surface area contributed by atoms with Crippen LogP contribution in [0.1, 0.15) is 10.4 Å². The molecule has 2 rings (SSSR count). The molecular weight excluding hydrogens is 342 g/mol. The third-order valence-corrected chi connectivity index (χ3v) is 3.96. The number of carbonyl (C=O) groups excluding carboxylic acids is 1. The second-order valence-electron chi connectivity index (χ2n) is 4.51. The Bertz CT molecular complexity index is 790. The van der Waals surface area contributed by atoms with E-state index in [1.54, 1.807) is 18.2 Å². The summed E-state index contributed by atoms with van der Waals surface area (Å²) in [6.07, 6.45) is 0. The van der Waals surface area contributed by atoms with Crippen LogP contribution in [-0.2, 0) is 14.8 Å². The van der Waals surface area contributed by atoms with Gasteiger partial charge in [-0.3, -0.25) is 0 Å². The van der Waals surface area contributed by atoms with Crippen molar-refractivity contribution in [2.45, 2.75) is 4.90 Å². The van der Waals surface area contributed by atoms with E-state index in [-0.39, 0.29) is 18.1 Å². The molecule has 2 aromatic carbocycles. The maximum Gasteiger partial charge on any atom is 0.338 e. The number of esters is 1. The summed E-state index contributed by atoms with van der Waals surface area (Å²) in [5.74, 6) is -0.0584. The highest BCUT2D eigenvalue weighted by Crippen LogP contribution is 2.15. The molecule has 0 amide bonds. The van der Waals surface area contributed by atoms with E-state index in [1.807, 2.05) is 0 Å². The van der Waals surface area contributed by atoms with Crippen molar-refractivity contribution in [1.82, 2.24) is 0 Å². The number of nitrogens with two attached hydrogens (primary N) is 1. The summed E-state index contributed by atoms with van der Waals surface area (Å²) in [5.41, 5.74) is 0.356. The van der Waals surface area contributed by atoms with Crippen molar-refractivity contribution >= 4 is 27.6 Å². The van der Waals surface area contributed by atoms with E-state index in [4.69, 9.17) is 26.2 Å². The Kier molecular flexibility index (Phi) is 5.59. The SMILES string of the molecule is NS(=O)(=O)c1ccc(OCCOC(=O)c2cccc(Cl)c2)cc1. The molecule has 8 heteroatoms. The fourth-order valence-electron chi connectivity index (χ4n) is 1.72. The Morgan fingerprint density at radius 2 is 1.78 bits per heavy atom. The minimum Gasteiger partial charge on any atom is -0.490 e. The highest BCUT2D eigenvalue weighted by atomic mass is 35.5. The zero-order chi connectivity index (χ0) is 16.9. The molecule has 0 atom stereocenters. The molecular formula is C15H14ClNO5S. The van der Waals surface area contributed by atoms with Gasteiger partial charge in [-0.1, -0.05) is 17.7 Å². The molecule has 0 aromatic heterocycles. The molecule has 0 saturated heterocycles. The highest BCUT2D eigenvalue weighted by molar-refractivity contribution is 7.89. The average molecular weight is 356 g/mol. The summed E-state index contributed by atoms with van der Waals surface area (Å²) in [5, 5.41) is 5.44. The molecule has 23 heavy (non-hydrogen) atoms. The number of ether oxygens (including phenoxy) is 2. The lowest BCUT2D eigenvalue weighted by Crippen LogP contribution is -2.13. The van der Waals surface area contributed by atoms with E-state index in [9.17, 15) is 13.2 Å². The first-order valence-corrected chi connectivity index (χ1v) is 8.47. The Hall–Kier alpha value is -2.09. The van der Waals surface area contributed by atoms with Gasteiger partial charge >= 0.3 is 5.97 Å². The number of sulfonamides is 1. The lowest BCUT2D eigenvalue weighted by Gasteiger charge is -2.08. The molecule has 2 aromatic rings. The standard InChI is InChI=1S/C15H14ClNO5S/c16-12-3-1-2-11(10-12)15(18)22-9-8-21-13-4-6-14(7-5-13)23(17,19)20/h1-7,10H,8-9H2,(H2,17,19,20). The van der Waals surface area contributed by atoms with E-state index in [1.165, 1.54) is 30.3 Å². The van der Waals surface area contributed by atoms with E-state index < -0.39 is 16.0 Å². The van der Waals surface area contributed by atoms with Crippen LogP contribution in [0, 0.1) is 0 Å². The largest absolute Gasteiger partial charge is 0.490 e. The van der Waals surface area contributed by atoms with Crippen LogP contribution in [0.2, 0.25) is 5.02 Å². The summed E-state index contributed by atoms with van der Waals surface area (Å²) < 4.78 is 32.6. The van der Waals surface area contributed by atoms with E-state index in [0.29, 0.717) is 16.3 Å². The van der Waals surface area contributed by atoms with Crippen LogP contribution < -0.4 is 9.88 Å². The van der Waals surface area contributed by atoms with Crippen molar-refractivity contribution in [3.05, 3.63) is 59.1 Å². The van der Waals surface area contributed by atoms with Crippen molar-refractivity contribution in [2.24, 2.45) is 5.14 Å². The third-order valence-electron chi connectivity index (χ3n) is 2.80. The van der Waals surface area contributed by atoms with Crippen molar-refractivity contribution < 1.29 is 22.7 Å². The Labute approximate surface area is 138 Å². The zero-order valence-electron chi connectivity index (χ0n) is 11.9. The zero-order valence-corrected chi connectivity index (χ0v) is 13.5. The van der Waals surface area contributed by atoms with E-state index in [0.717, 1.165) is 0 Å². The molecule has 0 aliphatic carbocycles. The minimum absolute atomic E-state index is 0.00256.